The van der Waals surface area contributed by atoms with Crippen LogP contribution in [-0.4, -0.2) is 21.8 Å². The fourth-order valence-electron chi connectivity index (χ4n) is 2.56. The van der Waals surface area contributed by atoms with Crippen LogP contribution in [0.15, 0.2) is 42.4 Å². The van der Waals surface area contributed by atoms with Crippen LogP contribution in [0.3, 0.4) is 0 Å². The van der Waals surface area contributed by atoms with Crippen LogP contribution in [0, 0.1) is 0 Å². The lowest BCUT2D eigenvalue weighted by molar-refractivity contribution is -0.119. The number of pyridine rings is 2. The Hall–Kier alpha value is -2.69. The Kier molecular flexibility index (Phi) is 3.63. The molecule has 0 spiro atoms. The van der Waals surface area contributed by atoms with Crippen LogP contribution in [0.25, 0.3) is 16.3 Å². The third-order valence-electron chi connectivity index (χ3n) is 3.84. The largest absolute Gasteiger partial charge is 0.384 e. The van der Waals surface area contributed by atoms with E-state index in [0.29, 0.717) is 12.2 Å². The normalized spacial score (nSPS) is 17.6. The van der Waals surface area contributed by atoms with Gasteiger partial charge in [-0.1, -0.05) is 13.0 Å². The molecular formula is C17H18N4O. The van der Waals surface area contributed by atoms with E-state index in [4.69, 9.17) is 5.73 Å². The summed E-state index contributed by atoms with van der Waals surface area (Å²) in [5.41, 5.74) is 8.56. The van der Waals surface area contributed by atoms with Gasteiger partial charge in [0.15, 0.2) is 5.78 Å². The van der Waals surface area contributed by atoms with E-state index < -0.39 is 0 Å². The van der Waals surface area contributed by atoms with E-state index in [0.717, 1.165) is 27.6 Å². The summed E-state index contributed by atoms with van der Waals surface area (Å²) >= 11 is 0. The van der Waals surface area contributed by atoms with Crippen molar-refractivity contribution in [3.8, 4) is 0 Å². The fraction of sp³-hybridized carbons (Fsp3) is 0.235. The molecule has 3 heterocycles. The van der Waals surface area contributed by atoms with Crippen molar-refractivity contribution in [2.24, 2.45) is 0 Å². The predicted molar refractivity (Wildman–Crippen MR) is 87.9 cm³/mol. The highest BCUT2D eigenvalue weighted by Crippen LogP contribution is 2.26. The molecule has 0 bridgehead atoms. The van der Waals surface area contributed by atoms with E-state index in [-0.39, 0.29) is 11.8 Å². The summed E-state index contributed by atoms with van der Waals surface area (Å²) in [6, 6.07) is 3.54. The molecular weight excluding hydrogens is 276 g/mol. The van der Waals surface area contributed by atoms with Gasteiger partial charge in [-0.25, -0.2) is 4.98 Å². The zero-order valence-electron chi connectivity index (χ0n) is 12.6. The van der Waals surface area contributed by atoms with Crippen molar-refractivity contribution >= 4 is 27.9 Å². The van der Waals surface area contributed by atoms with Crippen LogP contribution in [0.4, 0.5) is 5.82 Å². The zero-order valence-corrected chi connectivity index (χ0v) is 12.6. The minimum atomic E-state index is -0.240. The number of hydrogen-bond donors (Lipinski definition) is 2. The molecule has 112 valence electrons. The van der Waals surface area contributed by atoms with Gasteiger partial charge in [-0.15, -0.1) is 0 Å². The summed E-state index contributed by atoms with van der Waals surface area (Å²) in [5, 5.41) is 5.09. The molecule has 0 saturated heterocycles. The third-order valence-corrected chi connectivity index (χ3v) is 3.84. The van der Waals surface area contributed by atoms with Gasteiger partial charge < -0.3 is 11.1 Å². The quantitative estimate of drug-likeness (QED) is 0.908. The zero-order chi connectivity index (χ0) is 15.7. The molecule has 1 atom stereocenters. The van der Waals surface area contributed by atoms with Crippen molar-refractivity contribution in [3.05, 3.63) is 48.1 Å². The molecule has 0 aromatic carbocycles. The maximum Gasteiger partial charge on any atom is 0.158 e. The third kappa shape index (κ3) is 2.57. The predicted octanol–water partition coefficient (Wildman–Crippen LogP) is 2.45. The first-order chi connectivity index (χ1) is 10.6. The second-order valence-corrected chi connectivity index (χ2v) is 5.40. The number of nitrogens with zero attached hydrogens (tertiary/aromatic N) is 2. The molecule has 5 heteroatoms. The number of anilines is 1. The highest BCUT2D eigenvalue weighted by Gasteiger charge is 2.19. The molecule has 1 aliphatic rings. The lowest BCUT2D eigenvalue weighted by Gasteiger charge is -2.20. The molecule has 0 saturated carbocycles. The fourth-order valence-corrected chi connectivity index (χ4v) is 2.56. The van der Waals surface area contributed by atoms with Gasteiger partial charge in [0.2, 0.25) is 0 Å². The molecule has 0 aliphatic carbocycles. The minimum Gasteiger partial charge on any atom is -0.384 e. The number of aromatic nitrogens is 2. The van der Waals surface area contributed by atoms with Crippen molar-refractivity contribution in [2.75, 3.05) is 5.73 Å². The Morgan fingerprint density at radius 3 is 2.73 bits per heavy atom. The van der Waals surface area contributed by atoms with Gasteiger partial charge in [0.05, 0.1) is 5.69 Å². The van der Waals surface area contributed by atoms with Crippen LogP contribution >= 0.6 is 0 Å². The molecule has 0 fully saturated rings. The van der Waals surface area contributed by atoms with E-state index in [2.05, 4.69) is 15.3 Å². The monoisotopic (exact) mass is 294 g/mol. The number of allylic oxidation sites excluding steroid dienone is 2. The van der Waals surface area contributed by atoms with Gasteiger partial charge in [-0.3, -0.25) is 9.78 Å². The maximum absolute atomic E-state index is 11.8. The van der Waals surface area contributed by atoms with Crippen molar-refractivity contribution in [2.45, 2.75) is 26.3 Å². The second kappa shape index (κ2) is 5.60. The molecule has 22 heavy (non-hydrogen) atoms. The first-order valence-electron chi connectivity index (χ1n) is 7.28. The van der Waals surface area contributed by atoms with E-state index >= 15 is 0 Å². The van der Waals surface area contributed by atoms with Gasteiger partial charge in [0.1, 0.15) is 11.9 Å². The Bertz CT molecular complexity index is 807. The molecule has 1 unspecified atom stereocenters. The minimum absolute atomic E-state index is 0.181. The van der Waals surface area contributed by atoms with Crippen molar-refractivity contribution < 1.29 is 4.79 Å². The van der Waals surface area contributed by atoms with Crippen molar-refractivity contribution in [1.82, 2.24) is 15.3 Å². The van der Waals surface area contributed by atoms with Crippen molar-refractivity contribution in [3.63, 3.8) is 0 Å². The number of nitrogens with one attached hydrogen (secondary N) is 1. The van der Waals surface area contributed by atoms with Crippen LogP contribution in [0.2, 0.25) is 0 Å². The highest BCUT2D eigenvalue weighted by atomic mass is 16.1. The number of dihydropyridines is 1. The Morgan fingerprint density at radius 1 is 1.27 bits per heavy atom. The van der Waals surface area contributed by atoms with Crippen LogP contribution in [0.1, 0.15) is 26.0 Å². The summed E-state index contributed by atoms with van der Waals surface area (Å²) < 4.78 is 0. The summed E-state index contributed by atoms with van der Waals surface area (Å²) in [7, 11) is 0. The Balaban J connectivity index is 1.95. The van der Waals surface area contributed by atoms with Gasteiger partial charge in [0.25, 0.3) is 0 Å². The first-order valence-corrected chi connectivity index (χ1v) is 7.28. The number of ketones is 1. The molecule has 3 rings (SSSR count). The molecule has 3 N–H and O–H groups in total. The second-order valence-electron chi connectivity index (χ2n) is 5.40. The van der Waals surface area contributed by atoms with E-state index in [9.17, 15) is 4.79 Å². The van der Waals surface area contributed by atoms with Gasteiger partial charge >= 0.3 is 0 Å². The Labute approximate surface area is 129 Å². The number of nitrogens with two attached hydrogens (primary N) is 1. The van der Waals surface area contributed by atoms with Crippen molar-refractivity contribution in [1.29, 1.82) is 0 Å². The number of nitrogen functional groups attached to an aromatic ring is 1. The highest BCUT2D eigenvalue weighted by molar-refractivity contribution is 5.91. The first kappa shape index (κ1) is 14.3. The number of fused-ring (bicyclic) bond motifs is 1. The van der Waals surface area contributed by atoms with Crippen LogP contribution in [0.5, 0.6) is 0 Å². The molecule has 2 aromatic heterocycles. The molecule has 5 nitrogen and oxygen atoms in total. The lowest BCUT2D eigenvalue weighted by atomic mass is 9.96. The standard InChI is InChI=1S/C17H18N4O/c1-3-16(22)15-4-10(2)13(9-20-15)14-5-11-8-21-17(18)6-12(11)7-19-14/h4-9,15,20H,3H2,1-2H3,(H2,18,21). The van der Waals surface area contributed by atoms with Gasteiger partial charge in [0, 0.05) is 41.4 Å². The number of carbonyl (C=O) groups excluding carboxylic acids is 1. The molecule has 0 amide bonds. The summed E-state index contributed by atoms with van der Waals surface area (Å²) in [6.07, 6.45) is 7.88. The average molecular weight is 294 g/mol. The van der Waals surface area contributed by atoms with E-state index in [1.807, 2.05) is 32.2 Å². The van der Waals surface area contributed by atoms with Gasteiger partial charge in [-0.2, -0.15) is 0 Å². The number of hydrogen-bond acceptors (Lipinski definition) is 5. The number of Topliss-reactive ketones (excluding diaryl/α,β-unsaturated/α-hetero) is 1. The summed E-state index contributed by atoms with van der Waals surface area (Å²) in [6.45, 7) is 3.87. The topological polar surface area (TPSA) is 80.9 Å². The summed E-state index contributed by atoms with van der Waals surface area (Å²) in [5.74, 6) is 0.665. The number of rotatable bonds is 3. The molecule has 2 aromatic rings. The number of carbonyl (C=O) groups is 1. The van der Waals surface area contributed by atoms with Crippen LogP contribution < -0.4 is 11.1 Å². The van der Waals surface area contributed by atoms with E-state index in [1.54, 1.807) is 18.5 Å². The SMILES string of the molecule is CCC(=O)C1C=C(C)C(c2cc3cnc(N)cc3cn2)=CN1. The molecule has 1 aliphatic heterocycles. The maximum atomic E-state index is 11.8. The lowest BCUT2D eigenvalue weighted by Crippen LogP contribution is -2.33. The summed E-state index contributed by atoms with van der Waals surface area (Å²) in [4.78, 5) is 20.4. The van der Waals surface area contributed by atoms with Gasteiger partial charge in [-0.05, 0) is 24.6 Å². The van der Waals surface area contributed by atoms with Crippen LogP contribution in [-0.2, 0) is 4.79 Å². The Morgan fingerprint density at radius 2 is 2.00 bits per heavy atom. The van der Waals surface area contributed by atoms with E-state index in [1.165, 1.54) is 0 Å². The molecule has 0 radical (unpaired) electrons. The smallest absolute Gasteiger partial charge is 0.158 e. The average Bonchev–Trinajstić information content (AvgIpc) is 2.53.